The van der Waals surface area contributed by atoms with E-state index in [9.17, 15) is 4.80 Å². The molecule has 9 heteroatoms. The molecule has 0 aromatic rings. The third-order valence-electron chi connectivity index (χ3n) is 1.90. The standard InChI is InChI=1S/C12H28O4Si.C4H10O.2H2O.Ti/c1-10(2,3)14-17(13,15-11(4,5)6)16-12(7,8)9;1-3-4(2)5;;;/h13H,1-9H3;4-5H,3H2,1-2H3;2*1H2;. The summed E-state index contributed by atoms with van der Waals surface area (Å²) < 4.78 is 16.9. The second-order valence-electron chi connectivity index (χ2n) is 8.42. The van der Waals surface area contributed by atoms with Crippen LogP contribution in [0.3, 0.4) is 0 Å². The van der Waals surface area contributed by atoms with E-state index < -0.39 is 25.9 Å². The fourth-order valence-corrected chi connectivity index (χ4v) is 3.67. The summed E-state index contributed by atoms with van der Waals surface area (Å²) in [5, 5.41) is 8.36. The van der Waals surface area contributed by atoms with Gasteiger partial charge in [-0.2, -0.15) is 0 Å². The van der Waals surface area contributed by atoms with E-state index in [1.807, 2.05) is 69.2 Å². The first-order valence-electron chi connectivity index (χ1n) is 7.90. The van der Waals surface area contributed by atoms with E-state index in [1.165, 1.54) is 0 Å². The van der Waals surface area contributed by atoms with Gasteiger partial charge in [-0.3, -0.25) is 0 Å². The first-order chi connectivity index (χ1) is 9.39. The summed E-state index contributed by atoms with van der Waals surface area (Å²) in [5.74, 6) is 0. The van der Waals surface area contributed by atoms with E-state index in [2.05, 4.69) is 0 Å². The summed E-state index contributed by atoms with van der Waals surface area (Å²) in [6.45, 7) is 20.5. The Bertz CT molecular complexity index is 266. The van der Waals surface area contributed by atoms with E-state index >= 15 is 0 Å². The first kappa shape index (κ1) is 36.6. The van der Waals surface area contributed by atoms with E-state index in [-0.39, 0.29) is 38.8 Å². The van der Waals surface area contributed by atoms with Gasteiger partial charge in [0.25, 0.3) is 0 Å². The molecule has 1 unspecified atom stereocenters. The van der Waals surface area contributed by atoms with Crippen molar-refractivity contribution in [1.29, 1.82) is 0 Å². The Balaban J connectivity index is -0.000000147. The van der Waals surface area contributed by atoms with Crippen molar-refractivity contribution in [2.24, 2.45) is 0 Å². The van der Waals surface area contributed by atoms with Gasteiger partial charge in [0.1, 0.15) is 0 Å². The number of aliphatic hydroxyl groups excluding tert-OH is 1. The molecular formula is C16H42O7SiTi. The molecule has 0 amide bonds. The quantitative estimate of drug-likeness (QED) is 0.669. The molecule has 0 aliphatic rings. The molecule has 0 radical (unpaired) electrons. The maximum absolute atomic E-state index is 10.5. The van der Waals surface area contributed by atoms with Gasteiger partial charge >= 0.3 is 9.05 Å². The minimum Gasteiger partial charge on any atom is -0.412 e. The van der Waals surface area contributed by atoms with Crippen LogP contribution in [0.5, 0.6) is 0 Å². The van der Waals surface area contributed by atoms with Gasteiger partial charge in [0.15, 0.2) is 0 Å². The third-order valence-corrected chi connectivity index (χ3v) is 4.51. The van der Waals surface area contributed by atoms with Crippen LogP contribution in [0.2, 0.25) is 0 Å². The number of hydrogen-bond donors (Lipinski definition) is 2. The summed E-state index contributed by atoms with van der Waals surface area (Å²) in [6, 6.07) is 0. The SMILES string of the molecule is CC(C)(C)O[Si](O)(OC(C)(C)C)OC(C)(C)C.CCC(C)O.O.O.[Ti]. The maximum atomic E-state index is 10.5. The third kappa shape index (κ3) is 29.7. The summed E-state index contributed by atoms with van der Waals surface area (Å²) >= 11 is 0. The van der Waals surface area contributed by atoms with E-state index in [4.69, 9.17) is 18.4 Å². The fraction of sp³-hybridized carbons (Fsp3) is 1.00. The van der Waals surface area contributed by atoms with Crippen LogP contribution in [0.1, 0.15) is 82.6 Å². The van der Waals surface area contributed by atoms with Crippen LogP contribution < -0.4 is 0 Å². The van der Waals surface area contributed by atoms with E-state index in [0.29, 0.717) is 0 Å². The Kier molecular flexibility index (Phi) is 20.1. The molecule has 25 heavy (non-hydrogen) atoms. The molecule has 0 heterocycles. The Morgan fingerprint density at radius 3 is 1.00 bits per heavy atom. The molecular weight excluding hydrogens is 380 g/mol. The van der Waals surface area contributed by atoms with Gasteiger partial charge in [-0.05, 0) is 75.7 Å². The molecule has 0 aliphatic carbocycles. The van der Waals surface area contributed by atoms with Crippen molar-refractivity contribution in [3.63, 3.8) is 0 Å². The molecule has 0 saturated heterocycles. The Morgan fingerprint density at radius 1 is 0.760 bits per heavy atom. The van der Waals surface area contributed by atoms with E-state index in [1.54, 1.807) is 6.92 Å². The molecule has 0 saturated carbocycles. The van der Waals surface area contributed by atoms with Crippen LogP contribution in [-0.4, -0.2) is 52.8 Å². The first-order valence-corrected chi connectivity index (χ1v) is 9.57. The molecule has 1 atom stereocenters. The fourth-order valence-electron chi connectivity index (χ4n) is 1.22. The van der Waals surface area contributed by atoms with Gasteiger partial charge in [-0.25, -0.2) is 0 Å². The minimum atomic E-state index is -3.66. The average Bonchev–Trinajstić information content (AvgIpc) is 2.07. The zero-order valence-electron chi connectivity index (χ0n) is 17.9. The summed E-state index contributed by atoms with van der Waals surface area (Å²) in [4.78, 5) is 10.5. The monoisotopic (exact) mass is 422 g/mol. The predicted molar refractivity (Wildman–Crippen MR) is 99.7 cm³/mol. The van der Waals surface area contributed by atoms with Crippen molar-refractivity contribution in [1.82, 2.24) is 0 Å². The normalized spacial score (nSPS) is 13.3. The van der Waals surface area contributed by atoms with Crippen molar-refractivity contribution >= 4 is 9.05 Å². The summed E-state index contributed by atoms with van der Waals surface area (Å²) in [5.41, 5.74) is -1.55. The van der Waals surface area contributed by atoms with E-state index in [0.717, 1.165) is 6.42 Å². The zero-order valence-corrected chi connectivity index (χ0v) is 20.5. The summed E-state index contributed by atoms with van der Waals surface area (Å²) in [7, 11) is -3.66. The second kappa shape index (κ2) is 13.8. The molecule has 0 aromatic heterocycles. The Labute approximate surface area is 170 Å². The van der Waals surface area contributed by atoms with Gasteiger partial charge in [0.05, 0.1) is 22.9 Å². The maximum Gasteiger partial charge on any atom is 0.678 e. The molecule has 0 rings (SSSR count). The van der Waals surface area contributed by atoms with Gasteiger partial charge in [-0.15, -0.1) is 0 Å². The topological polar surface area (TPSA) is 131 Å². The van der Waals surface area contributed by atoms with Gasteiger partial charge in [-0.1, -0.05) is 6.92 Å². The van der Waals surface area contributed by atoms with Crippen molar-refractivity contribution < 1.29 is 55.9 Å². The molecule has 0 bridgehead atoms. The molecule has 156 valence electrons. The summed E-state index contributed by atoms with van der Waals surface area (Å²) in [6.07, 6.45) is 0.745. The van der Waals surface area contributed by atoms with Crippen LogP contribution >= 0.6 is 0 Å². The van der Waals surface area contributed by atoms with Crippen molar-refractivity contribution in [2.45, 2.75) is 105 Å². The molecule has 0 aromatic carbocycles. The Morgan fingerprint density at radius 2 is 0.920 bits per heavy atom. The van der Waals surface area contributed by atoms with Gasteiger partial charge in [0, 0.05) is 21.7 Å². The van der Waals surface area contributed by atoms with Crippen LogP contribution in [-0.2, 0) is 35.0 Å². The van der Waals surface area contributed by atoms with Crippen LogP contribution in [0.4, 0.5) is 0 Å². The number of aliphatic hydroxyl groups is 1. The Hall–Kier alpha value is 0.651. The molecule has 0 fully saturated rings. The predicted octanol–water partition coefficient (Wildman–Crippen LogP) is 1.98. The zero-order chi connectivity index (χ0) is 18.4. The van der Waals surface area contributed by atoms with Gasteiger partial charge < -0.3 is 34.1 Å². The van der Waals surface area contributed by atoms with Gasteiger partial charge in [0.2, 0.25) is 0 Å². The second-order valence-corrected chi connectivity index (χ2v) is 10.1. The molecule has 0 aliphatic heterocycles. The van der Waals surface area contributed by atoms with Crippen LogP contribution in [0.15, 0.2) is 0 Å². The van der Waals surface area contributed by atoms with Crippen molar-refractivity contribution in [2.75, 3.05) is 0 Å². The van der Waals surface area contributed by atoms with Crippen molar-refractivity contribution in [3.8, 4) is 0 Å². The molecule has 0 spiro atoms. The largest absolute Gasteiger partial charge is 0.678 e. The number of rotatable bonds is 4. The van der Waals surface area contributed by atoms with Crippen LogP contribution in [0, 0.1) is 0 Å². The molecule has 7 nitrogen and oxygen atoms in total. The smallest absolute Gasteiger partial charge is 0.412 e. The molecule has 6 N–H and O–H groups in total. The van der Waals surface area contributed by atoms with Crippen molar-refractivity contribution in [3.05, 3.63) is 0 Å². The average molecular weight is 422 g/mol. The van der Waals surface area contributed by atoms with Crippen LogP contribution in [0.25, 0.3) is 0 Å². The number of hydrogen-bond acceptors (Lipinski definition) is 5. The minimum absolute atomic E-state index is 0.